The van der Waals surface area contributed by atoms with Crippen molar-refractivity contribution >= 4 is 33.6 Å². The summed E-state index contributed by atoms with van der Waals surface area (Å²) in [6.07, 6.45) is 3.58. The Kier molecular flexibility index (Phi) is 4.53. The molecule has 72 valence electrons. The van der Waals surface area contributed by atoms with Gasteiger partial charge in [-0.1, -0.05) is 50.9 Å². The zero-order valence-corrected chi connectivity index (χ0v) is 9.53. The van der Waals surface area contributed by atoms with Gasteiger partial charge in [0, 0.05) is 21.0 Å². The molecule has 0 aliphatic carbocycles. The van der Waals surface area contributed by atoms with E-state index in [1.165, 1.54) is 0 Å². The van der Waals surface area contributed by atoms with Crippen LogP contribution >= 0.6 is 27.5 Å². The molecule has 0 aliphatic rings. The molecule has 0 N–H and O–H groups in total. The normalized spacial score (nSPS) is 10.1. The molecule has 0 atom stereocenters. The highest BCUT2D eigenvalue weighted by atomic mass is 79.9. The van der Waals surface area contributed by atoms with Gasteiger partial charge in [0.05, 0.1) is 0 Å². The lowest BCUT2D eigenvalue weighted by molar-refractivity contribution is 1.22. The number of azide groups is 1. The Morgan fingerprint density at radius 3 is 3.00 bits per heavy atom. The van der Waals surface area contributed by atoms with Crippen molar-refractivity contribution in [2.45, 2.75) is 0 Å². The summed E-state index contributed by atoms with van der Waals surface area (Å²) in [5.74, 6) is 0. The van der Waals surface area contributed by atoms with Gasteiger partial charge in [-0.25, -0.2) is 0 Å². The maximum Gasteiger partial charge on any atom is 0.0489 e. The van der Waals surface area contributed by atoms with Gasteiger partial charge in [-0.2, -0.15) is 0 Å². The number of rotatable bonds is 3. The minimum absolute atomic E-state index is 0.336. The first-order valence-electron chi connectivity index (χ1n) is 3.86. The second kappa shape index (κ2) is 5.70. The summed E-state index contributed by atoms with van der Waals surface area (Å²) in [6, 6.07) is 5.60. The van der Waals surface area contributed by atoms with Crippen LogP contribution in [-0.2, 0) is 0 Å². The van der Waals surface area contributed by atoms with Gasteiger partial charge < -0.3 is 0 Å². The van der Waals surface area contributed by atoms with Crippen molar-refractivity contribution in [3.8, 4) is 0 Å². The molecule has 0 unspecified atom stereocenters. The Morgan fingerprint density at radius 2 is 2.36 bits per heavy atom. The van der Waals surface area contributed by atoms with Crippen molar-refractivity contribution in [1.82, 2.24) is 0 Å². The Bertz CT molecular complexity index is 397. The van der Waals surface area contributed by atoms with Crippen LogP contribution in [0, 0.1) is 0 Å². The highest BCUT2D eigenvalue weighted by Gasteiger charge is 1.95. The fraction of sp³-hybridized carbons (Fsp3) is 0.111. The van der Waals surface area contributed by atoms with E-state index in [4.69, 9.17) is 17.1 Å². The first-order valence-corrected chi connectivity index (χ1v) is 5.03. The van der Waals surface area contributed by atoms with Gasteiger partial charge in [-0.3, -0.25) is 0 Å². The second-order valence-corrected chi connectivity index (χ2v) is 3.80. The van der Waals surface area contributed by atoms with Crippen LogP contribution in [0.5, 0.6) is 0 Å². The predicted octanol–water partition coefficient (Wildman–Crippen LogP) is 4.43. The van der Waals surface area contributed by atoms with Crippen molar-refractivity contribution in [2.24, 2.45) is 5.11 Å². The van der Waals surface area contributed by atoms with Gasteiger partial charge in [0.15, 0.2) is 0 Å². The molecule has 0 heterocycles. The Hall–Kier alpha value is -0.960. The smallest absolute Gasteiger partial charge is 0.0489 e. The predicted molar refractivity (Wildman–Crippen MR) is 62.2 cm³/mol. The summed E-state index contributed by atoms with van der Waals surface area (Å²) < 4.78 is 0.940. The quantitative estimate of drug-likeness (QED) is 0.444. The Balaban J connectivity index is 2.76. The molecule has 0 saturated heterocycles. The molecule has 0 radical (unpaired) electrons. The molecule has 0 spiro atoms. The standard InChI is InChI=1S/C9H7BrClN3/c10-8-4-3-7(9(11)6-8)2-1-5-13-14-12/h1-4,6H,5H2. The number of nitrogens with zero attached hydrogens (tertiary/aromatic N) is 3. The van der Waals surface area contributed by atoms with Crippen molar-refractivity contribution < 1.29 is 0 Å². The minimum Gasteiger partial charge on any atom is -0.0899 e. The van der Waals surface area contributed by atoms with Crippen LogP contribution in [0.3, 0.4) is 0 Å². The summed E-state index contributed by atoms with van der Waals surface area (Å²) >= 11 is 9.27. The summed E-state index contributed by atoms with van der Waals surface area (Å²) in [5, 5.41) is 4.04. The zero-order valence-electron chi connectivity index (χ0n) is 7.19. The average Bonchev–Trinajstić information content (AvgIpc) is 2.15. The lowest BCUT2D eigenvalue weighted by Gasteiger charge is -1.97. The van der Waals surface area contributed by atoms with Gasteiger partial charge in [-0.05, 0) is 23.2 Å². The van der Waals surface area contributed by atoms with Gasteiger partial charge in [0.25, 0.3) is 0 Å². The van der Waals surface area contributed by atoms with Crippen LogP contribution in [0.15, 0.2) is 33.9 Å². The van der Waals surface area contributed by atoms with Crippen molar-refractivity contribution in [3.63, 3.8) is 0 Å². The number of halogens is 2. The number of hydrogen-bond acceptors (Lipinski definition) is 1. The van der Waals surface area contributed by atoms with Gasteiger partial charge >= 0.3 is 0 Å². The van der Waals surface area contributed by atoms with Crippen LogP contribution < -0.4 is 0 Å². The topological polar surface area (TPSA) is 48.8 Å². The highest BCUT2D eigenvalue weighted by Crippen LogP contribution is 2.22. The van der Waals surface area contributed by atoms with Gasteiger partial charge in [0.1, 0.15) is 0 Å². The molecule has 0 amide bonds. The molecular formula is C9H7BrClN3. The van der Waals surface area contributed by atoms with E-state index in [2.05, 4.69) is 26.0 Å². The molecule has 1 rings (SSSR count). The summed E-state index contributed by atoms with van der Waals surface area (Å²) in [4.78, 5) is 2.64. The zero-order chi connectivity index (χ0) is 10.4. The van der Waals surface area contributed by atoms with E-state index in [1.807, 2.05) is 24.3 Å². The van der Waals surface area contributed by atoms with Crippen LogP contribution in [-0.4, -0.2) is 6.54 Å². The summed E-state index contributed by atoms with van der Waals surface area (Å²) in [5.41, 5.74) is 8.95. The van der Waals surface area contributed by atoms with Crippen molar-refractivity contribution in [1.29, 1.82) is 0 Å². The Labute approximate surface area is 95.1 Å². The van der Waals surface area contributed by atoms with E-state index < -0.39 is 0 Å². The molecule has 0 bridgehead atoms. The molecule has 0 fully saturated rings. The van der Waals surface area contributed by atoms with E-state index in [-0.39, 0.29) is 0 Å². The third kappa shape index (κ3) is 3.42. The van der Waals surface area contributed by atoms with Crippen LogP contribution in [0.1, 0.15) is 5.56 Å². The third-order valence-electron chi connectivity index (χ3n) is 1.51. The van der Waals surface area contributed by atoms with Crippen molar-refractivity contribution in [2.75, 3.05) is 6.54 Å². The Morgan fingerprint density at radius 1 is 1.57 bits per heavy atom. The first-order chi connectivity index (χ1) is 6.74. The lowest BCUT2D eigenvalue weighted by Crippen LogP contribution is -1.76. The highest BCUT2D eigenvalue weighted by molar-refractivity contribution is 9.10. The molecule has 0 aromatic heterocycles. The van der Waals surface area contributed by atoms with Crippen LogP contribution in [0.2, 0.25) is 5.02 Å². The van der Waals surface area contributed by atoms with E-state index in [9.17, 15) is 0 Å². The SMILES string of the molecule is [N-]=[N+]=NCC=Cc1ccc(Br)cc1Cl. The summed E-state index contributed by atoms with van der Waals surface area (Å²) in [6.45, 7) is 0.336. The molecular weight excluding hydrogens is 265 g/mol. The fourth-order valence-corrected chi connectivity index (χ4v) is 1.64. The first kappa shape index (κ1) is 11.1. The van der Waals surface area contributed by atoms with Gasteiger partial charge in [0.2, 0.25) is 0 Å². The molecule has 3 nitrogen and oxygen atoms in total. The van der Waals surface area contributed by atoms with E-state index in [0.29, 0.717) is 11.6 Å². The fourth-order valence-electron chi connectivity index (χ4n) is 0.900. The van der Waals surface area contributed by atoms with Gasteiger partial charge in [-0.15, -0.1) is 0 Å². The molecule has 14 heavy (non-hydrogen) atoms. The minimum atomic E-state index is 0.336. The molecule has 5 heteroatoms. The van der Waals surface area contributed by atoms with Crippen molar-refractivity contribution in [3.05, 3.63) is 49.8 Å². The second-order valence-electron chi connectivity index (χ2n) is 2.48. The van der Waals surface area contributed by atoms with Crippen LogP contribution in [0.4, 0.5) is 0 Å². The number of hydrogen-bond donors (Lipinski definition) is 0. The van der Waals surface area contributed by atoms with Crippen LogP contribution in [0.25, 0.3) is 16.5 Å². The van der Waals surface area contributed by atoms with E-state index >= 15 is 0 Å². The maximum absolute atomic E-state index is 8.05. The lowest BCUT2D eigenvalue weighted by atomic mass is 10.2. The molecule has 0 aliphatic heterocycles. The molecule has 1 aromatic carbocycles. The largest absolute Gasteiger partial charge is 0.0899 e. The monoisotopic (exact) mass is 271 g/mol. The third-order valence-corrected chi connectivity index (χ3v) is 2.33. The molecule has 0 saturated carbocycles. The maximum atomic E-state index is 8.05. The average molecular weight is 273 g/mol. The number of benzene rings is 1. The molecule has 1 aromatic rings. The summed E-state index contributed by atoms with van der Waals surface area (Å²) in [7, 11) is 0. The van der Waals surface area contributed by atoms with E-state index in [0.717, 1.165) is 10.0 Å². The van der Waals surface area contributed by atoms with E-state index in [1.54, 1.807) is 6.08 Å².